The van der Waals surface area contributed by atoms with Gasteiger partial charge in [0.1, 0.15) is 0 Å². The second kappa shape index (κ2) is 6.93. The van der Waals surface area contributed by atoms with Gasteiger partial charge in [0.2, 0.25) is 0 Å². The SMILES string of the molecule is CC(C)CC#CCN1CCN(C(C)C)CC1. The quantitative estimate of drug-likeness (QED) is 0.675. The van der Waals surface area contributed by atoms with Crippen LogP contribution in [0.15, 0.2) is 0 Å². The molecule has 0 unspecified atom stereocenters. The minimum atomic E-state index is 0.689. The van der Waals surface area contributed by atoms with E-state index in [-0.39, 0.29) is 0 Å². The van der Waals surface area contributed by atoms with Gasteiger partial charge in [-0.25, -0.2) is 0 Å². The fourth-order valence-electron chi connectivity index (χ4n) is 1.88. The molecule has 0 bridgehead atoms. The molecule has 1 fully saturated rings. The molecular weight excluding hydrogens is 196 g/mol. The van der Waals surface area contributed by atoms with Gasteiger partial charge in [0, 0.05) is 38.6 Å². The van der Waals surface area contributed by atoms with E-state index in [2.05, 4.69) is 49.3 Å². The first-order valence-corrected chi connectivity index (χ1v) is 6.51. The second-order valence-corrected chi connectivity index (χ2v) is 5.36. The van der Waals surface area contributed by atoms with Crippen molar-refractivity contribution in [2.24, 2.45) is 5.92 Å². The summed E-state index contributed by atoms with van der Waals surface area (Å²) in [6, 6.07) is 0.689. The van der Waals surface area contributed by atoms with Crippen LogP contribution in [0.3, 0.4) is 0 Å². The Morgan fingerprint density at radius 1 is 0.938 bits per heavy atom. The van der Waals surface area contributed by atoms with Crippen molar-refractivity contribution in [2.45, 2.75) is 40.2 Å². The maximum Gasteiger partial charge on any atom is 0.0602 e. The van der Waals surface area contributed by atoms with Crippen molar-refractivity contribution in [3.05, 3.63) is 0 Å². The molecule has 1 aliphatic rings. The molecule has 1 aliphatic heterocycles. The van der Waals surface area contributed by atoms with Gasteiger partial charge in [-0.2, -0.15) is 0 Å². The van der Waals surface area contributed by atoms with Crippen molar-refractivity contribution < 1.29 is 0 Å². The molecule has 0 amide bonds. The van der Waals surface area contributed by atoms with Gasteiger partial charge in [-0.1, -0.05) is 19.8 Å². The number of hydrogen-bond donors (Lipinski definition) is 0. The molecule has 0 N–H and O–H groups in total. The first-order chi connectivity index (χ1) is 7.59. The Hall–Kier alpha value is -0.520. The molecule has 0 aromatic heterocycles. The predicted octanol–water partition coefficient (Wildman–Crippen LogP) is 2.06. The number of piperazine rings is 1. The van der Waals surface area contributed by atoms with Crippen LogP contribution in [-0.2, 0) is 0 Å². The highest BCUT2D eigenvalue weighted by Gasteiger charge is 2.17. The van der Waals surface area contributed by atoms with Gasteiger partial charge >= 0.3 is 0 Å². The third kappa shape index (κ3) is 5.01. The first-order valence-electron chi connectivity index (χ1n) is 6.51. The van der Waals surface area contributed by atoms with Crippen LogP contribution >= 0.6 is 0 Å². The third-order valence-electron chi connectivity index (χ3n) is 3.08. The highest BCUT2D eigenvalue weighted by atomic mass is 15.3. The topological polar surface area (TPSA) is 6.48 Å². The monoisotopic (exact) mass is 222 g/mol. The van der Waals surface area contributed by atoms with Crippen molar-refractivity contribution in [3.8, 4) is 11.8 Å². The molecule has 1 heterocycles. The maximum absolute atomic E-state index is 3.29. The van der Waals surface area contributed by atoms with E-state index in [9.17, 15) is 0 Å². The lowest BCUT2D eigenvalue weighted by Gasteiger charge is -2.36. The highest BCUT2D eigenvalue weighted by Crippen LogP contribution is 2.05. The first kappa shape index (κ1) is 13.5. The summed E-state index contributed by atoms with van der Waals surface area (Å²) in [5.74, 6) is 7.25. The summed E-state index contributed by atoms with van der Waals surface area (Å²) in [5.41, 5.74) is 0. The second-order valence-electron chi connectivity index (χ2n) is 5.36. The molecule has 0 atom stereocenters. The molecule has 2 nitrogen and oxygen atoms in total. The molecule has 0 spiro atoms. The largest absolute Gasteiger partial charge is 0.298 e. The zero-order valence-corrected chi connectivity index (χ0v) is 11.3. The lowest BCUT2D eigenvalue weighted by molar-refractivity contribution is 0.118. The fraction of sp³-hybridized carbons (Fsp3) is 0.857. The molecule has 16 heavy (non-hydrogen) atoms. The molecule has 1 rings (SSSR count). The maximum atomic E-state index is 3.29. The fourth-order valence-corrected chi connectivity index (χ4v) is 1.88. The minimum Gasteiger partial charge on any atom is -0.298 e. The summed E-state index contributed by atoms with van der Waals surface area (Å²) >= 11 is 0. The summed E-state index contributed by atoms with van der Waals surface area (Å²) in [6.07, 6.45) is 1.03. The molecule has 0 aromatic carbocycles. The zero-order valence-electron chi connectivity index (χ0n) is 11.3. The van der Waals surface area contributed by atoms with E-state index in [0.29, 0.717) is 12.0 Å². The lowest BCUT2D eigenvalue weighted by atomic mass is 10.1. The van der Waals surface area contributed by atoms with Gasteiger partial charge in [-0.05, 0) is 19.8 Å². The van der Waals surface area contributed by atoms with Crippen LogP contribution in [0.5, 0.6) is 0 Å². The molecule has 0 aliphatic carbocycles. The lowest BCUT2D eigenvalue weighted by Crippen LogP contribution is -2.48. The van der Waals surface area contributed by atoms with E-state index >= 15 is 0 Å². The Kier molecular flexibility index (Phi) is 5.87. The van der Waals surface area contributed by atoms with Crippen LogP contribution in [0.2, 0.25) is 0 Å². The molecule has 1 saturated heterocycles. The minimum absolute atomic E-state index is 0.689. The van der Waals surface area contributed by atoms with E-state index in [1.165, 1.54) is 26.2 Å². The summed E-state index contributed by atoms with van der Waals surface area (Å²) in [6.45, 7) is 14.7. The Morgan fingerprint density at radius 3 is 2.06 bits per heavy atom. The summed E-state index contributed by atoms with van der Waals surface area (Å²) in [5, 5.41) is 0. The molecule has 2 heteroatoms. The molecule has 0 radical (unpaired) electrons. The Labute approximate surface area is 101 Å². The van der Waals surface area contributed by atoms with Crippen molar-refractivity contribution in [1.29, 1.82) is 0 Å². The molecular formula is C14H26N2. The van der Waals surface area contributed by atoms with Gasteiger partial charge in [-0.15, -0.1) is 5.92 Å². The van der Waals surface area contributed by atoms with E-state index in [1.54, 1.807) is 0 Å². The number of rotatable bonds is 3. The van der Waals surface area contributed by atoms with Crippen molar-refractivity contribution in [2.75, 3.05) is 32.7 Å². The molecule has 0 aromatic rings. The average Bonchev–Trinajstić information content (AvgIpc) is 2.25. The Morgan fingerprint density at radius 2 is 1.56 bits per heavy atom. The number of nitrogens with zero attached hydrogens (tertiary/aromatic N) is 2. The van der Waals surface area contributed by atoms with Crippen LogP contribution in [0, 0.1) is 17.8 Å². The van der Waals surface area contributed by atoms with Crippen LogP contribution in [0.25, 0.3) is 0 Å². The van der Waals surface area contributed by atoms with Crippen molar-refractivity contribution in [1.82, 2.24) is 9.80 Å². The Balaban J connectivity index is 2.19. The van der Waals surface area contributed by atoms with Gasteiger partial charge in [0.15, 0.2) is 0 Å². The summed E-state index contributed by atoms with van der Waals surface area (Å²) in [7, 11) is 0. The van der Waals surface area contributed by atoms with Crippen molar-refractivity contribution >= 4 is 0 Å². The van der Waals surface area contributed by atoms with Crippen molar-refractivity contribution in [3.63, 3.8) is 0 Å². The van der Waals surface area contributed by atoms with Gasteiger partial charge < -0.3 is 0 Å². The van der Waals surface area contributed by atoms with Crippen LogP contribution < -0.4 is 0 Å². The molecule has 0 saturated carbocycles. The average molecular weight is 222 g/mol. The van der Waals surface area contributed by atoms with E-state index in [0.717, 1.165) is 13.0 Å². The predicted molar refractivity (Wildman–Crippen MR) is 70.4 cm³/mol. The van der Waals surface area contributed by atoms with E-state index in [4.69, 9.17) is 0 Å². The third-order valence-corrected chi connectivity index (χ3v) is 3.08. The molecule has 92 valence electrons. The van der Waals surface area contributed by atoms with Gasteiger partial charge in [0.05, 0.1) is 6.54 Å². The normalized spacial score (nSPS) is 18.9. The summed E-state index contributed by atoms with van der Waals surface area (Å²) < 4.78 is 0. The van der Waals surface area contributed by atoms with Gasteiger partial charge in [0.25, 0.3) is 0 Å². The van der Waals surface area contributed by atoms with Crippen LogP contribution in [0.4, 0.5) is 0 Å². The van der Waals surface area contributed by atoms with Crippen LogP contribution in [0.1, 0.15) is 34.1 Å². The zero-order chi connectivity index (χ0) is 12.0. The standard InChI is InChI=1S/C14H26N2/c1-13(2)7-5-6-8-15-9-11-16(12-10-15)14(3)4/h13-14H,7-12H2,1-4H3. The highest BCUT2D eigenvalue weighted by molar-refractivity contribution is 5.02. The smallest absolute Gasteiger partial charge is 0.0602 e. The van der Waals surface area contributed by atoms with Crippen LogP contribution in [-0.4, -0.2) is 48.6 Å². The Bertz CT molecular complexity index is 239. The summed E-state index contributed by atoms with van der Waals surface area (Å²) in [4.78, 5) is 5.00. The number of hydrogen-bond acceptors (Lipinski definition) is 2. The van der Waals surface area contributed by atoms with E-state index in [1.807, 2.05) is 0 Å². The van der Waals surface area contributed by atoms with Gasteiger partial charge in [-0.3, -0.25) is 9.80 Å². The van der Waals surface area contributed by atoms with E-state index < -0.39 is 0 Å².